The highest BCUT2D eigenvalue weighted by Gasteiger charge is 2.25. The third-order valence-electron chi connectivity index (χ3n) is 3.44. The van der Waals surface area contributed by atoms with Crippen LogP contribution in [0, 0.1) is 0 Å². The molecule has 0 bridgehead atoms. The molecule has 0 radical (unpaired) electrons. The van der Waals surface area contributed by atoms with Crippen LogP contribution in [0.3, 0.4) is 0 Å². The van der Waals surface area contributed by atoms with Gasteiger partial charge in [-0.2, -0.15) is 0 Å². The molecule has 0 fully saturated rings. The Morgan fingerprint density at radius 1 is 1.00 bits per heavy atom. The predicted octanol–water partition coefficient (Wildman–Crippen LogP) is 3.20. The van der Waals surface area contributed by atoms with E-state index in [-0.39, 0.29) is 11.3 Å². The van der Waals surface area contributed by atoms with E-state index < -0.39 is 0 Å². The van der Waals surface area contributed by atoms with Crippen LogP contribution in [0.5, 0.6) is 5.75 Å². The van der Waals surface area contributed by atoms with E-state index in [0.717, 1.165) is 24.0 Å². The molecule has 0 saturated heterocycles. The third kappa shape index (κ3) is 2.71. The Kier molecular flexibility index (Phi) is 3.68. The average molecular weight is 241 g/mol. The molecule has 0 aliphatic heterocycles. The van der Waals surface area contributed by atoms with Gasteiger partial charge in [-0.05, 0) is 36.1 Å². The summed E-state index contributed by atoms with van der Waals surface area (Å²) >= 11 is 0. The number of nitrogens with two attached hydrogens (primary N) is 1. The van der Waals surface area contributed by atoms with E-state index in [2.05, 4.69) is 19.1 Å². The van der Waals surface area contributed by atoms with Crippen LogP contribution < -0.4 is 5.73 Å². The Labute approximate surface area is 108 Å². The zero-order valence-electron chi connectivity index (χ0n) is 10.6. The van der Waals surface area contributed by atoms with E-state index in [0.29, 0.717) is 0 Å². The molecule has 18 heavy (non-hydrogen) atoms. The van der Waals surface area contributed by atoms with Gasteiger partial charge in [-0.1, -0.05) is 49.4 Å². The summed E-state index contributed by atoms with van der Waals surface area (Å²) in [5.74, 6) is 0.289. The molecule has 0 heterocycles. The van der Waals surface area contributed by atoms with Crippen LogP contribution in [-0.4, -0.2) is 5.11 Å². The molecular weight excluding hydrogens is 222 g/mol. The van der Waals surface area contributed by atoms with Crippen molar-refractivity contribution in [2.75, 3.05) is 0 Å². The number of hydrogen-bond donors (Lipinski definition) is 2. The molecule has 94 valence electrons. The minimum atomic E-state index is -0.349. The summed E-state index contributed by atoms with van der Waals surface area (Å²) in [4.78, 5) is 0. The van der Waals surface area contributed by atoms with Gasteiger partial charge in [0.2, 0.25) is 0 Å². The van der Waals surface area contributed by atoms with Gasteiger partial charge >= 0.3 is 0 Å². The molecule has 1 atom stereocenters. The second-order valence-electron chi connectivity index (χ2n) is 4.72. The van der Waals surface area contributed by atoms with Gasteiger partial charge in [-0.25, -0.2) is 0 Å². The van der Waals surface area contributed by atoms with Crippen LogP contribution in [0.15, 0.2) is 54.6 Å². The largest absolute Gasteiger partial charge is 0.508 e. The Balaban J connectivity index is 2.26. The predicted molar refractivity (Wildman–Crippen MR) is 74.4 cm³/mol. The van der Waals surface area contributed by atoms with Crippen LogP contribution in [0.1, 0.15) is 24.5 Å². The number of rotatable bonds is 4. The topological polar surface area (TPSA) is 46.2 Å². The van der Waals surface area contributed by atoms with E-state index in [4.69, 9.17) is 5.73 Å². The molecule has 2 aromatic carbocycles. The van der Waals surface area contributed by atoms with Gasteiger partial charge in [0.1, 0.15) is 5.75 Å². The molecular formula is C16H19NO. The molecule has 0 aromatic heterocycles. The molecule has 2 rings (SSSR count). The molecule has 1 unspecified atom stereocenters. The fourth-order valence-corrected chi connectivity index (χ4v) is 2.18. The van der Waals surface area contributed by atoms with Crippen LogP contribution in [-0.2, 0) is 12.0 Å². The molecule has 0 saturated carbocycles. The highest BCUT2D eigenvalue weighted by molar-refractivity contribution is 5.31. The van der Waals surface area contributed by atoms with Crippen molar-refractivity contribution in [3.63, 3.8) is 0 Å². The molecule has 0 amide bonds. The van der Waals surface area contributed by atoms with Crippen molar-refractivity contribution in [3.8, 4) is 5.75 Å². The monoisotopic (exact) mass is 241 g/mol. The van der Waals surface area contributed by atoms with Gasteiger partial charge in [-0.15, -0.1) is 0 Å². The minimum Gasteiger partial charge on any atom is -0.508 e. The van der Waals surface area contributed by atoms with Crippen molar-refractivity contribution >= 4 is 0 Å². The lowest BCUT2D eigenvalue weighted by Gasteiger charge is -2.29. The van der Waals surface area contributed by atoms with E-state index in [1.54, 1.807) is 12.1 Å². The zero-order chi connectivity index (χ0) is 13.0. The Morgan fingerprint density at radius 3 is 2.17 bits per heavy atom. The van der Waals surface area contributed by atoms with Crippen molar-refractivity contribution in [1.82, 2.24) is 0 Å². The maximum atomic E-state index is 9.30. The summed E-state index contributed by atoms with van der Waals surface area (Å²) in [6.07, 6.45) is 1.64. The van der Waals surface area contributed by atoms with Gasteiger partial charge in [0.05, 0.1) is 0 Å². The minimum absolute atomic E-state index is 0.289. The molecule has 2 heteroatoms. The molecule has 3 N–H and O–H groups in total. The third-order valence-corrected chi connectivity index (χ3v) is 3.44. The zero-order valence-corrected chi connectivity index (χ0v) is 10.6. The number of phenols is 1. The molecule has 0 aliphatic rings. The van der Waals surface area contributed by atoms with Gasteiger partial charge < -0.3 is 10.8 Å². The normalized spacial score (nSPS) is 14.1. The van der Waals surface area contributed by atoms with Crippen LogP contribution >= 0.6 is 0 Å². The Bertz CT molecular complexity index is 492. The van der Waals surface area contributed by atoms with Gasteiger partial charge in [0.25, 0.3) is 0 Å². The molecule has 0 aliphatic carbocycles. The Morgan fingerprint density at radius 2 is 1.61 bits per heavy atom. The summed E-state index contributed by atoms with van der Waals surface area (Å²) in [5, 5.41) is 9.30. The fourth-order valence-electron chi connectivity index (χ4n) is 2.18. The smallest absolute Gasteiger partial charge is 0.115 e. The average Bonchev–Trinajstić information content (AvgIpc) is 2.42. The maximum absolute atomic E-state index is 9.30. The number of hydrogen-bond acceptors (Lipinski definition) is 2. The second-order valence-corrected chi connectivity index (χ2v) is 4.72. The number of phenolic OH excluding ortho intramolecular Hbond substituents is 1. The summed E-state index contributed by atoms with van der Waals surface area (Å²) in [6.45, 7) is 2.10. The van der Waals surface area contributed by atoms with E-state index in [9.17, 15) is 5.11 Å². The van der Waals surface area contributed by atoms with Crippen LogP contribution in [0.4, 0.5) is 0 Å². The first-order valence-electron chi connectivity index (χ1n) is 6.26. The van der Waals surface area contributed by atoms with Crippen molar-refractivity contribution in [1.29, 1.82) is 0 Å². The lowest BCUT2D eigenvalue weighted by Crippen LogP contribution is -2.38. The van der Waals surface area contributed by atoms with E-state index in [1.165, 1.54) is 0 Å². The molecule has 0 spiro atoms. The standard InChI is InChI=1S/C16H19NO/c1-2-16(17,14-6-4-3-5-7-14)12-13-8-10-15(18)11-9-13/h3-11,18H,2,12,17H2,1H3. The Hall–Kier alpha value is -1.80. The highest BCUT2D eigenvalue weighted by atomic mass is 16.3. The van der Waals surface area contributed by atoms with Gasteiger partial charge in [0.15, 0.2) is 0 Å². The fraction of sp³-hybridized carbons (Fsp3) is 0.250. The SMILES string of the molecule is CCC(N)(Cc1ccc(O)cc1)c1ccccc1. The first-order chi connectivity index (χ1) is 8.64. The van der Waals surface area contributed by atoms with Crippen molar-refractivity contribution < 1.29 is 5.11 Å². The number of aromatic hydroxyl groups is 1. The molecule has 2 aromatic rings. The van der Waals surface area contributed by atoms with Crippen molar-refractivity contribution in [2.24, 2.45) is 5.73 Å². The van der Waals surface area contributed by atoms with E-state index in [1.807, 2.05) is 30.3 Å². The van der Waals surface area contributed by atoms with Crippen molar-refractivity contribution in [3.05, 3.63) is 65.7 Å². The summed E-state index contributed by atoms with van der Waals surface area (Å²) in [5.41, 5.74) is 8.47. The van der Waals surface area contributed by atoms with Crippen LogP contribution in [0.25, 0.3) is 0 Å². The second kappa shape index (κ2) is 5.23. The van der Waals surface area contributed by atoms with E-state index >= 15 is 0 Å². The molecule has 2 nitrogen and oxygen atoms in total. The van der Waals surface area contributed by atoms with Crippen molar-refractivity contribution in [2.45, 2.75) is 25.3 Å². The summed E-state index contributed by atoms with van der Waals surface area (Å²) in [7, 11) is 0. The quantitative estimate of drug-likeness (QED) is 0.863. The first kappa shape index (κ1) is 12.7. The summed E-state index contributed by atoms with van der Waals surface area (Å²) in [6, 6.07) is 17.4. The lowest BCUT2D eigenvalue weighted by atomic mass is 9.82. The highest BCUT2D eigenvalue weighted by Crippen LogP contribution is 2.27. The first-order valence-corrected chi connectivity index (χ1v) is 6.26. The summed E-state index contributed by atoms with van der Waals surface area (Å²) < 4.78 is 0. The van der Waals surface area contributed by atoms with Gasteiger partial charge in [-0.3, -0.25) is 0 Å². The number of benzene rings is 2. The van der Waals surface area contributed by atoms with Gasteiger partial charge in [0, 0.05) is 5.54 Å². The lowest BCUT2D eigenvalue weighted by molar-refractivity contribution is 0.424. The maximum Gasteiger partial charge on any atom is 0.115 e. The van der Waals surface area contributed by atoms with Crippen LogP contribution in [0.2, 0.25) is 0 Å².